The van der Waals surface area contributed by atoms with Crippen LogP contribution in [0, 0.1) is 0 Å². The zero-order chi connectivity index (χ0) is 9.56. The Hall–Kier alpha value is 0.200. The SMILES string of the molecule is C=CC(S)O[P+](=O)OC(S)C=C. The summed E-state index contributed by atoms with van der Waals surface area (Å²) in [5, 5.41) is 0. The summed E-state index contributed by atoms with van der Waals surface area (Å²) in [6.45, 7) is 6.78. The molecule has 6 heteroatoms. The van der Waals surface area contributed by atoms with E-state index in [1.54, 1.807) is 0 Å². The lowest BCUT2D eigenvalue weighted by molar-refractivity contribution is 0.237. The van der Waals surface area contributed by atoms with E-state index in [1.807, 2.05) is 0 Å². The van der Waals surface area contributed by atoms with E-state index in [2.05, 4.69) is 38.4 Å². The molecule has 0 aromatic rings. The molecule has 0 bridgehead atoms. The Kier molecular flexibility index (Phi) is 6.80. The van der Waals surface area contributed by atoms with Gasteiger partial charge in [0.25, 0.3) is 0 Å². The molecule has 0 amide bonds. The molecule has 12 heavy (non-hydrogen) atoms. The van der Waals surface area contributed by atoms with Gasteiger partial charge in [-0.05, 0) is 12.2 Å². The minimum absolute atomic E-state index is 0.598. The third-order valence-corrected chi connectivity index (χ3v) is 2.55. The van der Waals surface area contributed by atoms with Gasteiger partial charge in [-0.25, -0.2) is 0 Å². The summed E-state index contributed by atoms with van der Waals surface area (Å²) in [6, 6.07) is 0. The molecule has 0 saturated carbocycles. The van der Waals surface area contributed by atoms with E-state index in [-0.39, 0.29) is 0 Å². The van der Waals surface area contributed by atoms with Gasteiger partial charge in [-0.1, -0.05) is 13.2 Å². The van der Waals surface area contributed by atoms with Crippen LogP contribution in [0.5, 0.6) is 0 Å². The standard InChI is InChI=1S/C6H9O3PS2/c1-3-5(11)8-10(7)9-6(12)4-2/h3-6H,1-2H2,(H-,11,12)/p+1. The number of rotatable bonds is 6. The van der Waals surface area contributed by atoms with Crippen molar-refractivity contribution in [1.82, 2.24) is 0 Å². The van der Waals surface area contributed by atoms with E-state index >= 15 is 0 Å². The van der Waals surface area contributed by atoms with E-state index in [9.17, 15) is 4.57 Å². The molecule has 2 unspecified atom stereocenters. The van der Waals surface area contributed by atoms with Gasteiger partial charge in [-0.15, -0.1) is 34.3 Å². The fourth-order valence-electron chi connectivity index (χ4n) is 0.287. The molecular formula is C6H10O3PS2+. The van der Waals surface area contributed by atoms with Gasteiger partial charge in [0, 0.05) is 4.57 Å². The smallest absolute Gasteiger partial charge is 0.139 e. The first kappa shape index (κ1) is 12.2. The quantitative estimate of drug-likeness (QED) is 0.315. The molecule has 3 nitrogen and oxygen atoms in total. The minimum Gasteiger partial charge on any atom is -0.139 e. The van der Waals surface area contributed by atoms with Crippen LogP contribution in [0.15, 0.2) is 25.3 Å². The molecule has 0 radical (unpaired) electrons. The maximum Gasteiger partial charge on any atom is 0.700 e. The van der Waals surface area contributed by atoms with Crippen LogP contribution in [-0.4, -0.2) is 10.9 Å². The minimum atomic E-state index is -2.22. The van der Waals surface area contributed by atoms with Crippen LogP contribution in [-0.2, 0) is 13.6 Å². The highest BCUT2D eigenvalue weighted by Gasteiger charge is 2.26. The Bertz CT molecular complexity index is 168. The van der Waals surface area contributed by atoms with E-state index in [4.69, 9.17) is 9.05 Å². The van der Waals surface area contributed by atoms with Gasteiger partial charge in [-0.3, -0.25) is 0 Å². The molecule has 0 aliphatic rings. The lowest BCUT2D eigenvalue weighted by Gasteiger charge is -1.96. The van der Waals surface area contributed by atoms with E-state index in [1.165, 1.54) is 12.2 Å². The largest absolute Gasteiger partial charge is 0.700 e. The molecule has 0 saturated heterocycles. The number of hydrogen-bond donors (Lipinski definition) is 2. The van der Waals surface area contributed by atoms with E-state index in [0.29, 0.717) is 0 Å². The molecule has 68 valence electrons. The maximum absolute atomic E-state index is 10.9. The fourth-order valence-corrected chi connectivity index (χ4v) is 1.32. The summed E-state index contributed by atoms with van der Waals surface area (Å²) in [5.74, 6) is 0. The van der Waals surface area contributed by atoms with Crippen molar-refractivity contribution in [3.05, 3.63) is 25.3 Å². The lowest BCUT2D eigenvalue weighted by Crippen LogP contribution is -1.98. The molecule has 0 spiro atoms. The van der Waals surface area contributed by atoms with Crippen molar-refractivity contribution in [2.24, 2.45) is 0 Å². The van der Waals surface area contributed by atoms with Crippen LogP contribution in [0.25, 0.3) is 0 Å². The average Bonchev–Trinajstić information content (AvgIpc) is 2.03. The molecule has 0 aromatic carbocycles. The molecule has 0 aliphatic carbocycles. The van der Waals surface area contributed by atoms with Crippen molar-refractivity contribution in [1.29, 1.82) is 0 Å². The Balaban J connectivity index is 3.73. The second-order valence-corrected chi connectivity index (χ2v) is 3.57. The normalized spacial score (nSPS) is 16.3. The van der Waals surface area contributed by atoms with Crippen LogP contribution < -0.4 is 0 Å². The Labute approximate surface area is 83.6 Å². The molecule has 0 aliphatic heterocycles. The Morgan fingerprint density at radius 1 is 1.17 bits per heavy atom. The lowest BCUT2D eigenvalue weighted by atomic mass is 10.7. The summed E-state index contributed by atoms with van der Waals surface area (Å²) >= 11 is 7.73. The van der Waals surface area contributed by atoms with Crippen LogP contribution in [0.2, 0.25) is 0 Å². The summed E-state index contributed by atoms with van der Waals surface area (Å²) < 4.78 is 20.3. The third-order valence-electron chi connectivity index (χ3n) is 0.791. The first-order valence-corrected chi connectivity index (χ1v) is 5.15. The highest BCUT2D eigenvalue weighted by atomic mass is 32.1. The zero-order valence-electron chi connectivity index (χ0n) is 6.29. The second-order valence-electron chi connectivity index (χ2n) is 1.69. The molecule has 0 fully saturated rings. The topological polar surface area (TPSA) is 35.5 Å². The molecule has 0 rings (SSSR count). The van der Waals surface area contributed by atoms with Crippen LogP contribution in [0.4, 0.5) is 0 Å². The average molecular weight is 225 g/mol. The maximum atomic E-state index is 10.9. The van der Waals surface area contributed by atoms with Crippen molar-refractivity contribution < 1.29 is 13.6 Å². The molecule has 0 heterocycles. The van der Waals surface area contributed by atoms with Gasteiger partial charge < -0.3 is 0 Å². The second kappa shape index (κ2) is 6.69. The first-order valence-electron chi connectivity index (χ1n) is 3.02. The van der Waals surface area contributed by atoms with Gasteiger partial charge in [0.15, 0.2) is 10.9 Å². The zero-order valence-corrected chi connectivity index (χ0v) is 8.97. The van der Waals surface area contributed by atoms with Gasteiger partial charge in [0.2, 0.25) is 0 Å². The van der Waals surface area contributed by atoms with Gasteiger partial charge in [0.05, 0.1) is 0 Å². The monoisotopic (exact) mass is 225 g/mol. The van der Waals surface area contributed by atoms with Crippen molar-refractivity contribution in [2.45, 2.75) is 10.9 Å². The van der Waals surface area contributed by atoms with E-state index < -0.39 is 19.1 Å². The highest BCUT2D eigenvalue weighted by molar-refractivity contribution is 7.81. The van der Waals surface area contributed by atoms with Crippen molar-refractivity contribution in [2.75, 3.05) is 0 Å². The van der Waals surface area contributed by atoms with Gasteiger partial charge in [0.1, 0.15) is 0 Å². The Morgan fingerprint density at radius 3 is 1.75 bits per heavy atom. The van der Waals surface area contributed by atoms with Crippen molar-refractivity contribution >= 4 is 33.5 Å². The third kappa shape index (κ3) is 5.80. The first-order chi connectivity index (χ1) is 5.60. The van der Waals surface area contributed by atoms with Crippen LogP contribution in [0.3, 0.4) is 0 Å². The Morgan fingerprint density at radius 2 is 1.50 bits per heavy atom. The predicted octanol–water partition coefficient (Wildman–Crippen LogP) is 2.56. The molecule has 0 N–H and O–H groups in total. The molecular weight excluding hydrogens is 215 g/mol. The molecule has 0 aromatic heterocycles. The van der Waals surface area contributed by atoms with E-state index in [0.717, 1.165) is 0 Å². The molecule has 2 atom stereocenters. The predicted molar refractivity (Wildman–Crippen MR) is 55.7 cm³/mol. The van der Waals surface area contributed by atoms with Gasteiger partial charge >= 0.3 is 8.25 Å². The number of thiol groups is 2. The van der Waals surface area contributed by atoms with Crippen LogP contribution >= 0.6 is 33.5 Å². The van der Waals surface area contributed by atoms with Crippen molar-refractivity contribution in [3.63, 3.8) is 0 Å². The highest BCUT2D eigenvalue weighted by Crippen LogP contribution is 2.30. The summed E-state index contributed by atoms with van der Waals surface area (Å²) in [4.78, 5) is 0. The summed E-state index contributed by atoms with van der Waals surface area (Å²) in [7, 11) is -2.22. The summed E-state index contributed by atoms with van der Waals surface area (Å²) in [5.41, 5.74) is -1.20. The summed E-state index contributed by atoms with van der Waals surface area (Å²) in [6.07, 6.45) is 2.78. The van der Waals surface area contributed by atoms with Crippen LogP contribution in [0.1, 0.15) is 0 Å². The number of hydrogen-bond acceptors (Lipinski definition) is 5. The van der Waals surface area contributed by atoms with Gasteiger partial charge in [-0.2, -0.15) is 0 Å². The fraction of sp³-hybridized carbons (Fsp3) is 0.333. The van der Waals surface area contributed by atoms with Crippen molar-refractivity contribution in [3.8, 4) is 0 Å².